The first-order valence-electron chi connectivity index (χ1n) is 13.6. The Kier molecular flexibility index (Phi) is 8.14. The smallest absolute Gasteiger partial charge is 0.349 e. The summed E-state index contributed by atoms with van der Waals surface area (Å²) < 4.78 is 14.6. The van der Waals surface area contributed by atoms with Crippen molar-refractivity contribution in [3.63, 3.8) is 0 Å². The standard InChI is InChI=1S/C30H27N3O11S/c1-13(34)42-19-11-16-10-17(29(41)44-18(16)12-20(19)43-14(2)35)24(36)31-21(15-8-6-5-7-9-15)25(37)32-22-26(38)33-23(28(39)40)30(3,4)45-27(22)33/h5-12,21-23,27H,1-4H3,(H,31,36)(H,32,37)(H,39,40)/t21?,22-,23+,27-/m1/s1. The van der Waals surface area contributed by atoms with E-state index < -0.39 is 75.1 Å². The first kappa shape index (κ1) is 31.3. The minimum atomic E-state index is -1.37. The SMILES string of the molecule is CC(=O)Oc1cc2cc(C(=O)NC(C(=O)N[C@@H]3C(=O)N4[C@@H]3SC(C)(C)[C@@H]4C(=O)O)c3ccccc3)c(=O)oc2cc1OC(C)=O. The zero-order valence-corrected chi connectivity index (χ0v) is 25.1. The predicted molar refractivity (Wildman–Crippen MR) is 157 cm³/mol. The highest BCUT2D eigenvalue weighted by molar-refractivity contribution is 8.01. The summed E-state index contributed by atoms with van der Waals surface area (Å²) in [5.41, 5.74) is -1.31. The summed E-state index contributed by atoms with van der Waals surface area (Å²) in [7, 11) is 0. The van der Waals surface area contributed by atoms with E-state index in [-0.39, 0.29) is 22.5 Å². The molecule has 45 heavy (non-hydrogen) atoms. The van der Waals surface area contributed by atoms with Crippen LogP contribution in [0, 0.1) is 0 Å². The number of β-lactam (4-membered cyclic amide) rings is 1. The molecule has 2 aromatic carbocycles. The van der Waals surface area contributed by atoms with Gasteiger partial charge in [0.15, 0.2) is 11.5 Å². The number of aliphatic carboxylic acids is 1. The molecule has 3 aromatic rings. The third kappa shape index (κ3) is 5.98. The molecular formula is C30H27N3O11S. The number of hydrogen-bond donors (Lipinski definition) is 3. The van der Waals surface area contributed by atoms with Crippen molar-refractivity contribution < 1.29 is 47.8 Å². The zero-order valence-electron chi connectivity index (χ0n) is 24.3. The third-order valence-corrected chi connectivity index (χ3v) is 8.77. The van der Waals surface area contributed by atoms with Gasteiger partial charge >= 0.3 is 23.5 Å². The summed E-state index contributed by atoms with van der Waals surface area (Å²) in [6.45, 7) is 5.67. The van der Waals surface area contributed by atoms with Crippen molar-refractivity contribution in [1.29, 1.82) is 0 Å². The highest BCUT2D eigenvalue weighted by Crippen LogP contribution is 2.50. The van der Waals surface area contributed by atoms with Crippen molar-refractivity contribution in [2.45, 2.75) is 55.9 Å². The van der Waals surface area contributed by atoms with Crippen LogP contribution in [0.1, 0.15) is 49.7 Å². The van der Waals surface area contributed by atoms with Crippen LogP contribution in [-0.4, -0.2) is 67.8 Å². The molecule has 0 aliphatic carbocycles. The molecule has 3 heterocycles. The molecule has 2 aliphatic rings. The van der Waals surface area contributed by atoms with E-state index in [1.54, 1.807) is 44.2 Å². The van der Waals surface area contributed by atoms with Gasteiger partial charge in [-0.25, -0.2) is 9.59 Å². The number of hydrogen-bond acceptors (Lipinski definition) is 11. The normalized spacial score (nSPS) is 20.4. The topological polar surface area (TPSA) is 199 Å². The second-order valence-corrected chi connectivity index (χ2v) is 12.6. The van der Waals surface area contributed by atoms with Crippen LogP contribution < -0.4 is 25.7 Å². The van der Waals surface area contributed by atoms with Gasteiger partial charge in [-0.15, -0.1) is 11.8 Å². The molecule has 0 saturated carbocycles. The van der Waals surface area contributed by atoms with Crippen molar-refractivity contribution in [3.05, 3.63) is 70.1 Å². The number of fused-ring (bicyclic) bond motifs is 2. The molecule has 0 radical (unpaired) electrons. The van der Waals surface area contributed by atoms with Gasteiger partial charge in [-0.2, -0.15) is 0 Å². The van der Waals surface area contributed by atoms with Gasteiger partial charge in [-0.05, 0) is 31.5 Å². The van der Waals surface area contributed by atoms with Crippen LogP contribution >= 0.6 is 11.8 Å². The minimum absolute atomic E-state index is 0.0780. The fourth-order valence-electron chi connectivity index (χ4n) is 5.29. The number of carbonyl (C=O) groups excluding carboxylic acids is 5. The van der Waals surface area contributed by atoms with Crippen molar-refractivity contribution in [1.82, 2.24) is 15.5 Å². The molecule has 0 bridgehead atoms. The molecule has 4 atom stereocenters. The largest absolute Gasteiger partial charge is 0.480 e. The van der Waals surface area contributed by atoms with Gasteiger partial charge in [0.2, 0.25) is 11.8 Å². The molecule has 234 valence electrons. The molecule has 2 aliphatic heterocycles. The Labute approximate surface area is 259 Å². The number of carboxylic acid groups (broad SMARTS) is 1. The quantitative estimate of drug-likeness (QED) is 0.140. The van der Waals surface area contributed by atoms with Crippen LogP contribution in [0.15, 0.2) is 57.7 Å². The van der Waals surface area contributed by atoms with Crippen LogP contribution in [-0.2, 0) is 24.0 Å². The molecule has 14 nitrogen and oxygen atoms in total. The summed E-state index contributed by atoms with van der Waals surface area (Å²) in [6, 6.07) is 8.19. The number of ether oxygens (including phenoxy) is 2. The number of nitrogens with zero attached hydrogens (tertiary/aromatic N) is 1. The van der Waals surface area contributed by atoms with E-state index in [0.29, 0.717) is 5.56 Å². The van der Waals surface area contributed by atoms with Crippen LogP contribution in [0.3, 0.4) is 0 Å². The Hall–Kier alpha value is -5.18. The molecule has 15 heteroatoms. The Morgan fingerprint density at radius 1 is 0.978 bits per heavy atom. The van der Waals surface area contributed by atoms with Crippen LogP contribution in [0.5, 0.6) is 11.5 Å². The summed E-state index contributed by atoms with van der Waals surface area (Å²) in [5.74, 6) is -5.27. The van der Waals surface area contributed by atoms with Crippen molar-refractivity contribution in [2.75, 3.05) is 0 Å². The minimum Gasteiger partial charge on any atom is -0.480 e. The molecule has 0 spiro atoms. The number of rotatable bonds is 8. The second-order valence-electron chi connectivity index (χ2n) is 10.9. The van der Waals surface area contributed by atoms with E-state index in [9.17, 15) is 38.7 Å². The van der Waals surface area contributed by atoms with Crippen molar-refractivity contribution in [3.8, 4) is 11.5 Å². The lowest BCUT2D eigenvalue weighted by atomic mass is 9.95. The van der Waals surface area contributed by atoms with E-state index in [1.165, 1.54) is 22.7 Å². The van der Waals surface area contributed by atoms with E-state index in [0.717, 1.165) is 26.0 Å². The summed E-state index contributed by atoms with van der Waals surface area (Å²) in [5, 5.41) is 14.3. The van der Waals surface area contributed by atoms with E-state index in [2.05, 4.69) is 10.6 Å². The van der Waals surface area contributed by atoms with Gasteiger partial charge in [0.05, 0.1) is 0 Å². The van der Waals surface area contributed by atoms with Gasteiger partial charge in [-0.1, -0.05) is 30.3 Å². The first-order valence-corrected chi connectivity index (χ1v) is 14.4. The highest BCUT2D eigenvalue weighted by atomic mass is 32.2. The summed E-state index contributed by atoms with van der Waals surface area (Å²) in [6.07, 6.45) is 0. The second kappa shape index (κ2) is 11.7. The molecule has 3 N–H and O–H groups in total. The molecule has 2 saturated heterocycles. The zero-order chi connectivity index (χ0) is 32.8. The lowest BCUT2D eigenvalue weighted by Gasteiger charge is -2.44. The third-order valence-electron chi connectivity index (χ3n) is 7.19. The van der Waals surface area contributed by atoms with Crippen LogP contribution in [0.4, 0.5) is 0 Å². The fourth-order valence-corrected chi connectivity index (χ4v) is 6.92. The van der Waals surface area contributed by atoms with Gasteiger partial charge in [0.1, 0.15) is 34.6 Å². The molecular weight excluding hydrogens is 610 g/mol. The van der Waals surface area contributed by atoms with Crippen molar-refractivity contribution in [2.24, 2.45) is 0 Å². The van der Waals surface area contributed by atoms with Gasteiger partial charge in [0, 0.05) is 30.0 Å². The Morgan fingerprint density at radius 2 is 1.60 bits per heavy atom. The summed E-state index contributed by atoms with van der Waals surface area (Å²) >= 11 is 1.25. The predicted octanol–water partition coefficient (Wildman–Crippen LogP) is 1.75. The fraction of sp³-hybridized carbons (Fsp3) is 0.300. The molecule has 3 amide bonds. The number of amides is 3. The van der Waals surface area contributed by atoms with Gasteiger partial charge < -0.3 is 34.5 Å². The number of carbonyl (C=O) groups is 6. The average molecular weight is 638 g/mol. The maximum absolute atomic E-state index is 13.6. The van der Waals surface area contributed by atoms with Gasteiger partial charge in [0.25, 0.3) is 5.91 Å². The molecule has 1 unspecified atom stereocenters. The number of benzene rings is 2. The number of carboxylic acids is 1. The van der Waals surface area contributed by atoms with E-state index in [1.807, 2.05) is 0 Å². The number of nitrogens with one attached hydrogen (secondary N) is 2. The number of esters is 2. The molecule has 1 aromatic heterocycles. The van der Waals surface area contributed by atoms with E-state index >= 15 is 0 Å². The van der Waals surface area contributed by atoms with Crippen LogP contribution in [0.25, 0.3) is 11.0 Å². The van der Waals surface area contributed by atoms with Gasteiger partial charge in [-0.3, -0.25) is 24.0 Å². The molecule has 5 rings (SSSR count). The Bertz CT molecular complexity index is 1820. The maximum atomic E-state index is 13.6. The molecule has 2 fully saturated rings. The summed E-state index contributed by atoms with van der Waals surface area (Å²) in [4.78, 5) is 89.1. The Morgan fingerprint density at radius 3 is 2.20 bits per heavy atom. The maximum Gasteiger partial charge on any atom is 0.349 e. The number of thioether (sulfide) groups is 1. The first-order chi connectivity index (χ1) is 21.2. The lowest BCUT2D eigenvalue weighted by molar-refractivity contribution is -0.161. The monoisotopic (exact) mass is 637 g/mol. The van der Waals surface area contributed by atoms with Crippen LogP contribution in [0.2, 0.25) is 0 Å². The van der Waals surface area contributed by atoms with Crippen molar-refractivity contribution >= 4 is 58.4 Å². The highest BCUT2D eigenvalue weighted by Gasteiger charge is 2.64. The average Bonchev–Trinajstić information content (AvgIpc) is 3.22. The van der Waals surface area contributed by atoms with E-state index in [4.69, 9.17) is 13.9 Å². The Balaban J connectivity index is 1.43. The lowest BCUT2D eigenvalue weighted by Crippen LogP contribution is -2.71.